The predicted molar refractivity (Wildman–Crippen MR) is 388 cm³/mol. The SMILES string of the molecule is COc1cc(C(c2ccc(O)c(OC)c2)c2cc(C(C)(C)c3ccc(C(C)(c4cc(C)c(OCC(=O)O)c(C(c5ccc(O)c(OC)c5)c5ccc(O)c(OC)c5)c4)c4cc(C)c(OCC(=O)O)c(C(c5ccc(O)c(OC)c5)c5ccc(O)c(OC)c5)c4)cc3)cc(C)c2OCC(=O)O)ccc1O. The normalized spacial score (nSPS) is 11.5. The number of phenolic OH excluding ortho intramolecular Hbond substituents is 6. The Balaban J connectivity index is 1.29. The first-order valence-corrected chi connectivity index (χ1v) is 32.9. The number of hydrogen-bond acceptors (Lipinski definition) is 18. The van der Waals surface area contributed by atoms with Gasteiger partial charge in [0.2, 0.25) is 0 Å². The molecule has 9 N–H and O–H groups in total. The number of methoxy groups -OCH3 is 6. The van der Waals surface area contributed by atoms with E-state index in [0.29, 0.717) is 83.5 Å². The van der Waals surface area contributed by atoms with Crippen molar-refractivity contribution in [1.29, 1.82) is 0 Å². The Morgan fingerprint density at radius 1 is 0.308 bits per heavy atom. The molecule has 0 radical (unpaired) electrons. The summed E-state index contributed by atoms with van der Waals surface area (Å²) < 4.78 is 53.0. The lowest BCUT2D eigenvalue weighted by Gasteiger charge is -2.36. The summed E-state index contributed by atoms with van der Waals surface area (Å²) in [4.78, 5) is 37.6. The molecule has 0 heterocycles. The Hall–Kier alpha value is -12.4. The molecule has 0 bridgehead atoms. The van der Waals surface area contributed by atoms with Gasteiger partial charge in [-0.1, -0.05) is 98.8 Å². The molecule has 0 atom stereocenters. The fourth-order valence-corrected chi connectivity index (χ4v) is 13.8. The third-order valence-electron chi connectivity index (χ3n) is 19.1. The molecule has 104 heavy (non-hydrogen) atoms. The Morgan fingerprint density at radius 2 is 0.529 bits per heavy atom. The number of benzene rings is 10. The van der Waals surface area contributed by atoms with Crippen LogP contribution in [-0.4, -0.2) is 126 Å². The predicted octanol–water partition coefficient (Wildman–Crippen LogP) is 14.5. The van der Waals surface area contributed by atoms with Crippen molar-refractivity contribution in [2.75, 3.05) is 62.5 Å². The molecular weight excluding hydrogens is 1330 g/mol. The summed E-state index contributed by atoms with van der Waals surface area (Å²) in [6.45, 7) is 9.33. The molecule has 0 saturated heterocycles. The van der Waals surface area contributed by atoms with Gasteiger partial charge in [-0.2, -0.15) is 0 Å². The molecule has 0 aliphatic rings. The number of aliphatic carboxylic acids is 3. The van der Waals surface area contributed by atoms with E-state index in [9.17, 15) is 60.3 Å². The van der Waals surface area contributed by atoms with Crippen molar-refractivity contribution >= 4 is 17.9 Å². The standard InChI is InChI=1S/C83H82O21/c1-44-29-55(38-58(79(44)102-41-73(90)91)76(47-13-23-61(84)67(32-47)96-7)48-14-24-62(85)68(33-48)97-8)82(4,5)53-19-21-54(22-20-53)83(6,56-30-45(2)80(103-42-74(92)93)59(39-56)77(49-15-25-63(86)69(34-49)98-9)50-16-26-64(87)70(35-50)99-10)57-31-46(3)81(104-43-75(94)95)60(40-57)78(51-17-27-65(88)71(36-51)100-11)52-18-28-66(89)72(37-52)101-12/h13-40,76-78,84-89H,41-43H2,1-12H3,(H,90,91)(H,92,93)(H,94,95). The lowest BCUT2D eigenvalue weighted by Crippen LogP contribution is -2.28. The molecule has 0 aliphatic carbocycles. The number of carboxylic acid groups (broad SMARTS) is 3. The van der Waals surface area contributed by atoms with Crippen molar-refractivity contribution in [2.24, 2.45) is 0 Å². The largest absolute Gasteiger partial charge is 0.504 e. The monoisotopic (exact) mass is 1410 g/mol. The highest BCUT2D eigenvalue weighted by Gasteiger charge is 2.39. The van der Waals surface area contributed by atoms with Crippen molar-refractivity contribution in [2.45, 2.75) is 70.1 Å². The Bertz CT molecular complexity index is 4540. The van der Waals surface area contributed by atoms with Crippen LogP contribution in [0.25, 0.3) is 0 Å². The van der Waals surface area contributed by atoms with Crippen molar-refractivity contribution in [3.63, 3.8) is 0 Å². The van der Waals surface area contributed by atoms with E-state index in [1.807, 2.05) is 88.4 Å². The van der Waals surface area contributed by atoms with Crippen molar-refractivity contribution in [3.05, 3.63) is 264 Å². The minimum atomic E-state index is -1.34. The number of phenols is 6. The van der Waals surface area contributed by atoms with E-state index in [1.165, 1.54) is 79.1 Å². The van der Waals surface area contributed by atoms with Crippen molar-refractivity contribution < 1.29 is 103 Å². The van der Waals surface area contributed by atoms with Crippen LogP contribution < -0.4 is 42.6 Å². The van der Waals surface area contributed by atoms with Crippen LogP contribution >= 0.6 is 0 Å². The second-order valence-electron chi connectivity index (χ2n) is 25.9. The van der Waals surface area contributed by atoms with E-state index < -0.39 is 66.3 Å². The van der Waals surface area contributed by atoms with Crippen LogP contribution in [0.15, 0.2) is 170 Å². The summed E-state index contributed by atoms with van der Waals surface area (Å²) in [5, 5.41) is 96.8. The molecule has 0 amide bonds. The van der Waals surface area contributed by atoms with Gasteiger partial charge in [0.25, 0.3) is 0 Å². The van der Waals surface area contributed by atoms with Gasteiger partial charge >= 0.3 is 17.9 Å². The Morgan fingerprint density at radius 3 is 0.760 bits per heavy atom. The maximum atomic E-state index is 12.6. The van der Waals surface area contributed by atoms with Gasteiger partial charge in [0.1, 0.15) is 17.2 Å². The minimum Gasteiger partial charge on any atom is -0.504 e. The fraction of sp³-hybridized carbons (Fsp3) is 0.241. The molecule has 10 aromatic carbocycles. The Labute approximate surface area is 601 Å². The fourth-order valence-electron chi connectivity index (χ4n) is 13.8. The molecule has 0 aliphatic heterocycles. The molecular formula is C83H82O21. The first-order valence-electron chi connectivity index (χ1n) is 32.9. The number of ether oxygens (including phenoxy) is 9. The van der Waals surface area contributed by atoms with Crippen molar-refractivity contribution in [3.8, 4) is 86.2 Å². The molecule has 10 rings (SSSR count). The van der Waals surface area contributed by atoms with Gasteiger partial charge in [0.15, 0.2) is 88.8 Å². The third kappa shape index (κ3) is 15.0. The van der Waals surface area contributed by atoms with Crippen LogP contribution in [0.1, 0.15) is 133 Å². The van der Waals surface area contributed by atoms with Crippen LogP contribution in [-0.2, 0) is 25.2 Å². The molecule has 10 aromatic rings. The second-order valence-corrected chi connectivity index (χ2v) is 25.9. The Kier molecular flexibility index (Phi) is 22.0. The van der Waals surface area contributed by atoms with Gasteiger partial charge < -0.3 is 88.6 Å². The summed E-state index contributed by atoms with van der Waals surface area (Å²) in [7, 11) is 8.50. The lowest BCUT2D eigenvalue weighted by molar-refractivity contribution is -0.140. The summed E-state index contributed by atoms with van der Waals surface area (Å²) in [6, 6.07) is 48.6. The van der Waals surface area contributed by atoms with Crippen LogP contribution in [0.5, 0.6) is 86.2 Å². The van der Waals surface area contributed by atoms with Gasteiger partial charge in [0.05, 0.1) is 42.7 Å². The molecule has 540 valence electrons. The highest BCUT2D eigenvalue weighted by molar-refractivity contribution is 5.72. The highest BCUT2D eigenvalue weighted by Crippen LogP contribution is 2.53. The zero-order chi connectivity index (χ0) is 75.2. The molecule has 0 aromatic heterocycles. The van der Waals surface area contributed by atoms with E-state index in [1.54, 1.807) is 86.6 Å². The van der Waals surface area contributed by atoms with Crippen LogP contribution in [0.2, 0.25) is 0 Å². The first kappa shape index (κ1) is 74.3. The number of carboxylic acids is 3. The van der Waals surface area contributed by atoms with E-state index >= 15 is 0 Å². The first-order chi connectivity index (χ1) is 49.6. The molecule has 0 spiro atoms. The van der Waals surface area contributed by atoms with Crippen molar-refractivity contribution in [1.82, 2.24) is 0 Å². The second kappa shape index (κ2) is 30.8. The van der Waals surface area contributed by atoms with E-state index in [-0.39, 0.29) is 86.2 Å². The quantitative estimate of drug-likeness (QED) is 0.0197. The van der Waals surface area contributed by atoms with Gasteiger partial charge in [0, 0.05) is 45.3 Å². The zero-order valence-corrected chi connectivity index (χ0v) is 59.4. The van der Waals surface area contributed by atoms with Crippen LogP contribution in [0.4, 0.5) is 0 Å². The van der Waals surface area contributed by atoms with E-state index in [2.05, 4.69) is 0 Å². The molecule has 21 nitrogen and oxygen atoms in total. The maximum absolute atomic E-state index is 12.6. The number of carbonyl (C=O) groups is 3. The van der Waals surface area contributed by atoms with Gasteiger partial charge in [-0.25, -0.2) is 14.4 Å². The van der Waals surface area contributed by atoms with E-state index in [0.717, 1.165) is 11.1 Å². The average molecular weight is 1420 g/mol. The number of aromatic hydroxyl groups is 6. The molecule has 0 saturated carbocycles. The van der Waals surface area contributed by atoms with Crippen LogP contribution in [0.3, 0.4) is 0 Å². The van der Waals surface area contributed by atoms with Crippen LogP contribution in [0, 0.1) is 20.8 Å². The molecule has 0 fully saturated rings. The third-order valence-corrected chi connectivity index (χ3v) is 19.1. The lowest BCUT2D eigenvalue weighted by atomic mass is 9.67. The number of aryl methyl sites for hydroxylation is 3. The zero-order valence-electron chi connectivity index (χ0n) is 59.4. The minimum absolute atomic E-state index is 0.121. The smallest absolute Gasteiger partial charge is 0.341 e. The number of rotatable bonds is 29. The summed E-state index contributed by atoms with van der Waals surface area (Å²) in [6.07, 6.45) is 0. The number of hydrogen-bond donors (Lipinski definition) is 9. The van der Waals surface area contributed by atoms with Gasteiger partial charge in [-0.15, -0.1) is 0 Å². The maximum Gasteiger partial charge on any atom is 0.341 e. The summed E-state index contributed by atoms with van der Waals surface area (Å²) in [5.41, 5.74) is 7.62. The van der Waals surface area contributed by atoms with E-state index in [4.69, 9.17) is 42.6 Å². The average Bonchev–Trinajstić information content (AvgIpc) is 0.731. The van der Waals surface area contributed by atoms with Gasteiger partial charge in [-0.05, 0) is 191 Å². The summed E-state index contributed by atoms with van der Waals surface area (Å²) >= 11 is 0. The highest BCUT2D eigenvalue weighted by atomic mass is 16.5. The molecule has 0 unspecified atom stereocenters. The summed E-state index contributed by atoms with van der Waals surface area (Å²) in [5.74, 6) is -5.66. The topological polar surface area (TPSA) is 316 Å². The molecule has 21 heteroatoms. The van der Waals surface area contributed by atoms with Gasteiger partial charge in [-0.3, -0.25) is 0 Å².